The molecule has 0 saturated carbocycles. The molecule has 0 unspecified atom stereocenters. The molecule has 0 fully saturated rings. The predicted octanol–water partition coefficient (Wildman–Crippen LogP) is 2.98. The Hall–Kier alpha value is -0.180. The lowest BCUT2D eigenvalue weighted by Crippen LogP contribution is -2.39. The van der Waals surface area contributed by atoms with Crippen LogP contribution in [0, 0.1) is 0 Å². The molecule has 2 nitrogen and oxygen atoms in total. The van der Waals surface area contributed by atoms with Gasteiger partial charge in [0.1, 0.15) is 0 Å². The molecular weight excluding hydrogens is 170 g/mol. The van der Waals surface area contributed by atoms with Gasteiger partial charge in [0.25, 0.3) is 5.24 Å². The molecule has 0 rings (SSSR count). The van der Waals surface area contributed by atoms with Crippen molar-refractivity contribution in [2.75, 3.05) is 5.75 Å². The zero-order valence-corrected chi connectivity index (χ0v) is 9.44. The van der Waals surface area contributed by atoms with Gasteiger partial charge < -0.3 is 4.90 Å². The SMILES string of the molecule is CCSC(=O)N(C(C)C)C(C)C. The third kappa shape index (κ3) is 3.48. The highest BCUT2D eigenvalue weighted by Gasteiger charge is 2.19. The first-order chi connectivity index (χ1) is 5.50. The van der Waals surface area contributed by atoms with Gasteiger partial charge in [-0.05, 0) is 33.4 Å². The van der Waals surface area contributed by atoms with Crippen LogP contribution in [0.4, 0.5) is 4.79 Å². The topological polar surface area (TPSA) is 20.3 Å². The molecule has 1 amide bonds. The average Bonchev–Trinajstić information content (AvgIpc) is 1.85. The summed E-state index contributed by atoms with van der Waals surface area (Å²) < 4.78 is 0. The predicted molar refractivity (Wildman–Crippen MR) is 55.6 cm³/mol. The molecule has 0 heterocycles. The Labute approximate surface area is 79.7 Å². The lowest BCUT2D eigenvalue weighted by atomic mass is 10.2. The average molecular weight is 189 g/mol. The van der Waals surface area contributed by atoms with Crippen molar-refractivity contribution >= 4 is 17.0 Å². The van der Waals surface area contributed by atoms with E-state index in [-0.39, 0.29) is 5.24 Å². The molecule has 3 heteroatoms. The Morgan fingerprint density at radius 1 is 1.25 bits per heavy atom. The van der Waals surface area contributed by atoms with Gasteiger partial charge in [0, 0.05) is 12.1 Å². The minimum absolute atomic E-state index is 0.197. The van der Waals surface area contributed by atoms with Crippen molar-refractivity contribution < 1.29 is 4.79 Å². The van der Waals surface area contributed by atoms with Crippen molar-refractivity contribution in [3.8, 4) is 0 Å². The van der Waals surface area contributed by atoms with Gasteiger partial charge >= 0.3 is 0 Å². The molecule has 72 valence electrons. The molecule has 12 heavy (non-hydrogen) atoms. The van der Waals surface area contributed by atoms with Crippen LogP contribution in [0.2, 0.25) is 0 Å². The maximum atomic E-state index is 11.5. The van der Waals surface area contributed by atoms with E-state index in [9.17, 15) is 4.79 Å². The second-order valence-electron chi connectivity index (χ2n) is 3.29. The molecule has 0 aliphatic rings. The van der Waals surface area contributed by atoms with Crippen LogP contribution in [0.25, 0.3) is 0 Å². The van der Waals surface area contributed by atoms with Gasteiger partial charge in [-0.1, -0.05) is 18.7 Å². The van der Waals surface area contributed by atoms with Crippen molar-refractivity contribution in [3.05, 3.63) is 0 Å². The van der Waals surface area contributed by atoms with Gasteiger partial charge in [0.2, 0.25) is 0 Å². The summed E-state index contributed by atoms with van der Waals surface area (Å²) in [5.41, 5.74) is 0. The Bertz CT molecular complexity index is 137. The fourth-order valence-electron chi connectivity index (χ4n) is 1.22. The van der Waals surface area contributed by atoms with E-state index in [2.05, 4.69) is 0 Å². The number of carbonyl (C=O) groups excluding carboxylic acids is 1. The van der Waals surface area contributed by atoms with Crippen LogP contribution >= 0.6 is 11.8 Å². The number of rotatable bonds is 3. The Kier molecular flexibility index (Phi) is 5.38. The minimum Gasteiger partial charge on any atom is -0.329 e. The summed E-state index contributed by atoms with van der Waals surface area (Å²) in [4.78, 5) is 13.4. The fraction of sp³-hybridized carbons (Fsp3) is 0.889. The number of carbonyl (C=O) groups is 1. The fourth-order valence-corrected chi connectivity index (χ4v) is 2.03. The molecule has 0 atom stereocenters. The summed E-state index contributed by atoms with van der Waals surface area (Å²) in [6.07, 6.45) is 0. The van der Waals surface area contributed by atoms with Crippen LogP contribution in [0.15, 0.2) is 0 Å². The summed E-state index contributed by atoms with van der Waals surface area (Å²) in [7, 11) is 0. The normalized spacial score (nSPS) is 10.9. The number of hydrogen-bond donors (Lipinski definition) is 0. The van der Waals surface area contributed by atoms with Crippen LogP contribution < -0.4 is 0 Å². The third-order valence-corrected chi connectivity index (χ3v) is 2.34. The molecular formula is C9H19NOS. The second kappa shape index (κ2) is 5.46. The van der Waals surface area contributed by atoms with Crippen LogP contribution in [0.5, 0.6) is 0 Å². The molecule has 0 aromatic rings. The monoisotopic (exact) mass is 189 g/mol. The van der Waals surface area contributed by atoms with Gasteiger partial charge in [0.15, 0.2) is 0 Å². The van der Waals surface area contributed by atoms with Crippen molar-refractivity contribution in [3.63, 3.8) is 0 Å². The van der Waals surface area contributed by atoms with Gasteiger partial charge in [-0.2, -0.15) is 0 Å². The van der Waals surface area contributed by atoms with E-state index < -0.39 is 0 Å². The lowest BCUT2D eigenvalue weighted by Gasteiger charge is -2.30. The maximum absolute atomic E-state index is 11.5. The largest absolute Gasteiger partial charge is 0.329 e. The second-order valence-corrected chi connectivity index (χ2v) is 4.51. The van der Waals surface area contributed by atoms with E-state index in [0.717, 1.165) is 5.75 Å². The molecule has 0 aromatic carbocycles. The Morgan fingerprint density at radius 3 is 1.92 bits per heavy atom. The lowest BCUT2D eigenvalue weighted by molar-refractivity contribution is 0.190. The summed E-state index contributed by atoms with van der Waals surface area (Å²) >= 11 is 1.38. The number of hydrogen-bond acceptors (Lipinski definition) is 2. The van der Waals surface area contributed by atoms with Gasteiger partial charge in [-0.3, -0.25) is 4.79 Å². The molecule has 0 bridgehead atoms. The van der Waals surface area contributed by atoms with Gasteiger partial charge in [-0.15, -0.1) is 0 Å². The summed E-state index contributed by atoms with van der Waals surface area (Å²) in [6.45, 7) is 10.2. The van der Waals surface area contributed by atoms with Crippen LogP contribution in [0.3, 0.4) is 0 Å². The number of thioether (sulfide) groups is 1. The number of amides is 1. The molecule has 0 spiro atoms. The quantitative estimate of drug-likeness (QED) is 0.680. The van der Waals surface area contributed by atoms with Crippen molar-refractivity contribution in [1.29, 1.82) is 0 Å². The van der Waals surface area contributed by atoms with Crippen LogP contribution in [-0.2, 0) is 0 Å². The van der Waals surface area contributed by atoms with Crippen molar-refractivity contribution in [2.45, 2.75) is 46.7 Å². The Balaban J connectivity index is 4.20. The van der Waals surface area contributed by atoms with E-state index in [1.165, 1.54) is 11.8 Å². The zero-order chi connectivity index (χ0) is 9.72. The summed E-state index contributed by atoms with van der Waals surface area (Å²) in [5.74, 6) is 0.856. The molecule has 0 aliphatic carbocycles. The maximum Gasteiger partial charge on any atom is 0.282 e. The summed E-state index contributed by atoms with van der Waals surface area (Å²) in [5, 5.41) is 0.197. The minimum atomic E-state index is 0.197. The van der Waals surface area contributed by atoms with Crippen LogP contribution in [-0.4, -0.2) is 28.0 Å². The van der Waals surface area contributed by atoms with Crippen LogP contribution in [0.1, 0.15) is 34.6 Å². The van der Waals surface area contributed by atoms with E-state index in [1.54, 1.807) is 0 Å². The van der Waals surface area contributed by atoms with E-state index in [0.29, 0.717) is 12.1 Å². The van der Waals surface area contributed by atoms with E-state index >= 15 is 0 Å². The first kappa shape index (κ1) is 11.8. The van der Waals surface area contributed by atoms with Crippen molar-refractivity contribution in [1.82, 2.24) is 4.90 Å². The summed E-state index contributed by atoms with van der Waals surface area (Å²) in [6, 6.07) is 0.605. The molecule has 0 saturated heterocycles. The third-order valence-electron chi connectivity index (χ3n) is 1.59. The highest BCUT2D eigenvalue weighted by molar-refractivity contribution is 8.13. The first-order valence-electron chi connectivity index (χ1n) is 4.45. The highest BCUT2D eigenvalue weighted by Crippen LogP contribution is 2.14. The molecule has 0 N–H and O–H groups in total. The Morgan fingerprint density at radius 2 is 1.67 bits per heavy atom. The van der Waals surface area contributed by atoms with E-state index in [4.69, 9.17) is 0 Å². The first-order valence-corrected chi connectivity index (χ1v) is 5.44. The molecule has 0 aromatic heterocycles. The zero-order valence-electron chi connectivity index (χ0n) is 8.63. The molecule has 0 radical (unpaired) electrons. The standard InChI is InChI=1S/C9H19NOS/c1-6-12-9(11)10(7(2)3)8(4)5/h7-8H,6H2,1-5H3. The van der Waals surface area contributed by atoms with Gasteiger partial charge in [-0.25, -0.2) is 0 Å². The van der Waals surface area contributed by atoms with Crippen molar-refractivity contribution in [2.24, 2.45) is 0 Å². The van der Waals surface area contributed by atoms with Gasteiger partial charge in [0.05, 0.1) is 0 Å². The molecule has 0 aliphatic heterocycles. The highest BCUT2D eigenvalue weighted by atomic mass is 32.2. The smallest absolute Gasteiger partial charge is 0.282 e. The number of nitrogens with zero attached hydrogens (tertiary/aromatic N) is 1. The van der Waals surface area contributed by atoms with E-state index in [1.807, 2.05) is 39.5 Å².